The van der Waals surface area contributed by atoms with E-state index in [1.165, 1.54) is 6.07 Å². The van der Waals surface area contributed by atoms with Crippen LogP contribution in [0.4, 0.5) is 24.5 Å². The van der Waals surface area contributed by atoms with Crippen molar-refractivity contribution in [1.82, 2.24) is 0 Å². The SMILES string of the molecule is CCNc1cc(Br)c(C(F)(F)F)cc1N. The summed E-state index contributed by atoms with van der Waals surface area (Å²) in [5.41, 5.74) is 5.32. The van der Waals surface area contributed by atoms with Crippen LogP contribution in [0, 0.1) is 0 Å². The summed E-state index contributed by atoms with van der Waals surface area (Å²) in [7, 11) is 0. The van der Waals surface area contributed by atoms with Crippen molar-refractivity contribution in [3.8, 4) is 0 Å². The summed E-state index contributed by atoms with van der Waals surface area (Å²) in [6, 6.07) is 2.25. The first-order valence-corrected chi connectivity index (χ1v) is 5.05. The Kier molecular flexibility index (Phi) is 3.49. The summed E-state index contributed by atoms with van der Waals surface area (Å²) >= 11 is 2.87. The molecule has 0 unspecified atom stereocenters. The Morgan fingerprint density at radius 1 is 1.40 bits per heavy atom. The van der Waals surface area contributed by atoms with Gasteiger partial charge in [0.2, 0.25) is 0 Å². The number of benzene rings is 1. The minimum absolute atomic E-state index is 0.0137. The molecule has 15 heavy (non-hydrogen) atoms. The Bertz CT molecular complexity index is 363. The maximum absolute atomic E-state index is 12.4. The number of hydrogen-bond acceptors (Lipinski definition) is 2. The molecule has 3 N–H and O–H groups in total. The summed E-state index contributed by atoms with van der Waals surface area (Å²) < 4.78 is 37.3. The highest BCUT2D eigenvalue weighted by Crippen LogP contribution is 2.38. The van der Waals surface area contributed by atoms with Gasteiger partial charge in [0.15, 0.2) is 0 Å². The third-order valence-corrected chi connectivity index (χ3v) is 2.47. The molecule has 6 heteroatoms. The molecule has 1 rings (SSSR count). The zero-order valence-electron chi connectivity index (χ0n) is 7.95. The van der Waals surface area contributed by atoms with Gasteiger partial charge in [-0.2, -0.15) is 13.2 Å². The standard InChI is InChI=1S/C9H10BrF3N2/c1-2-15-8-4-6(10)5(3-7(8)14)9(11,12)13/h3-4,15H,2,14H2,1H3. The fraction of sp³-hybridized carbons (Fsp3) is 0.333. The maximum Gasteiger partial charge on any atom is 0.417 e. The number of nitrogens with two attached hydrogens (primary N) is 1. The fourth-order valence-electron chi connectivity index (χ4n) is 1.15. The predicted octanol–water partition coefficient (Wildman–Crippen LogP) is 3.48. The van der Waals surface area contributed by atoms with Crippen LogP contribution >= 0.6 is 15.9 Å². The van der Waals surface area contributed by atoms with Gasteiger partial charge >= 0.3 is 6.18 Å². The quantitative estimate of drug-likeness (QED) is 0.815. The molecule has 84 valence electrons. The van der Waals surface area contributed by atoms with Crippen LogP contribution in [0.3, 0.4) is 0 Å². The summed E-state index contributed by atoms with van der Waals surface area (Å²) in [6.07, 6.45) is -4.39. The lowest BCUT2D eigenvalue weighted by atomic mass is 10.1. The topological polar surface area (TPSA) is 38.0 Å². The third kappa shape index (κ3) is 2.77. The summed E-state index contributed by atoms with van der Waals surface area (Å²) in [4.78, 5) is 0. The number of hydrogen-bond donors (Lipinski definition) is 2. The van der Waals surface area contributed by atoms with Gasteiger partial charge in [-0.1, -0.05) is 15.9 Å². The number of anilines is 2. The summed E-state index contributed by atoms with van der Waals surface area (Å²) in [5.74, 6) is 0. The predicted molar refractivity (Wildman–Crippen MR) is 57.7 cm³/mol. The van der Waals surface area contributed by atoms with E-state index < -0.39 is 11.7 Å². The van der Waals surface area contributed by atoms with E-state index in [0.717, 1.165) is 6.07 Å². The van der Waals surface area contributed by atoms with E-state index in [2.05, 4.69) is 21.2 Å². The van der Waals surface area contributed by atoms with Crippen molar-refractivity contribution in [2.45, 2.75) is 13.1 Å². The highest BCUT2D eigenvalue weighted by Gasteiger charge is 2.33. The molecule has 0 fully saturated rings. The van der Waals surface area contributed by atoms with Crippen molar-refractivity contribution in [3.63, 3.8) is 0 Å². The average Bonchev–Trinajstić information content (AvgIpc) is 2.09. The number of alkyl halides is 3. The van der Waals surface area contributed by atoms with E-state index in [-0.39, 0.29) is 10.2 Å². The average molecular weight is 283 g/mol. The number of rotatable bonds is 2. The largest absolute Gasteiger partial charge is 0.417 e. The van der Waals surface area contributed by atoms with E-state index in [0.29, 0.717) is 12.2 Å². The van der Waals surface area contributed by atoms with E-state index in [9.17, 15) is 13.2 Å². The molecule has 1 aromatic rings. The maximum atomic E-state index is 12.4. The molecule has 0 saturated heterocycles. The summed E-state index contributed by atoms with van der Waals surface area (Å²) in [5, 5.41) is 2.87. The Morgan fingerprint density at radius 3 is 2.47 bits per heavy atom. The van der Waals surface area contributed by atoms with Crippen LogP contribution in [0.5, 0.6) is 0 Å². The van der Waals surface area contributed by atoms with Crippen LogP contribution < -0.4 is 11.1 Å². The molecular formula is C9H10BrF3N2. The molecule has 0 saturated carbocycles. The minimum atomic E-state index is -4.39. The molecule has 0 aliphatic carbocycles. The van der Waals surface area contributed by atoms with Crippen molar-refractivity contribution in [2.75, 3.05) is 17.6 Å². The van der Waals surface area contributed by atoms with Gasteiger partial charge in [-0.25, -0.2) is 0 Å². The molecule has 1 aromatic carbocycles. The van der Waals surface area contributed by atoms with Gasteiger partial charge < -0.3 is 11.1 Å². The van der Waals surface area contributed by atoms with Crippen LogP contribution in [-0.2, 0) is 6.18 Å². The molecule has 0 atom stereocenters. The Labute approximate surface area is 93.8 Å². The van der Waals surface area contributed by atoms with Gasteiger partial charge in [0.25, 0.3) is 0 Å². The van der Waals surface area contributed by atoms with E-state index in [1.807, 2.05) is 6.92 Å². The Hall–Kier alpha value is -0.910. The van der Waals surface area contributed by atoms with Crippen LogP contribution in [-0.4, -0.2) is 6.54 Å². The van der Waals surface area contributed by atoms with Crippen LogP contribution in [0.1, 0.15) is 12.5 Å². The molecule has 0 spiro atoms. The molecule has 0 aliphatic rings. The highest BCUT2D eigenvalue weighted by molar-refractivity contribution is 9.10. The van der Waals surface area contributed by atoms with Crippen molar-refractivity contribution in [3.05, 3.63) is 22.2 Å². The summed E-state index contributed by atoms with van der Waals surface area (Å²) in [6.45, 7) is 2.44. The van der Waals surface area contributed by atoms with E-state index in [4.69, 9.17) is 5.73 Å². The minimum Gasteiger partial charge on any atom is -0.397 e. The highest BCUT2D eigenvalue weighted by atomic mass is 79.9. The number of nitrogen functional groups attached to an aromatic ring is 1. The van der Waals surface area contributed by atoms with Crippen molar-refractivity contribution >= 4 is 27.3 Å². The lowest BCUT2D eigenvalue weighted by molar-refractivity contribution is -0.138. The van der Waals surface area contributed by atoms with Crippen molar-refractivity contribution in [2.24, 2.45) is 0 Å². The second-order valence-corrected chi connectivity index (χ2v) is 3.80. The molecule has 0 aromatic heterocycles. The lowest BCUT2D eigenvalue weighted by Gasteiger charge is -2.13. The second kappa shape index (κ2) is 4.30. The normalized spacial score (nSPS) is 11.5. The molecule has 2 nitrogen and oxygen atoms in total. The third-order valence-electron chi connectivity index (χ3n) is 1.81. The number of nitrogens with one attached hydrogen (secondary N) is 1. The molecular weight excluding hydrogens is 273 g/mol. The van der Waals surface area contributed by atoms with Gasteiger partial charge in [-0.3, -0.25) is 0 Å². The molecule has 0 aliphatic heterocycles. The zero-order chi connectivity index (χ0) is 11.6. The van der Waals surface area contributed by atoms with Gasteiger partial charge in [-0.05, 0) is 19.1 Å². The van der Waals surface area contributed by atoms with Gasteiger partial charge in [0.1, 0.15) is 0 Å². The smallest absolute Gasteiger partial charge is 0.397 e. The fourth-order valence-corrected chi connectivity index (χ4v) is 1.72. The first kappa shape index (κ1) is 12.2. The molecule has 0 radical (unpaired) electrons. The van der Waals surface area contributed by atoms with Gasteiger partial charge in [-0.15, -0.1) is 0 Å². The second-order valence-electron chi connectivity index (χ2n) is 2.95. The molecule has 0 heterocycles. The molecule has 0 amide bonds. The van der Waals surface area contributed by atoms with Crippen molar-refractivity contribution in [1.29, 1.82) is 0 Å². The van der Waals surface area contributed by atoms with Gasteiger partial charge in [0, 0.05) is 11.0 Å². The van der Waals surface area contributed by atoms with Crippen molar-refractivity contribution < 1.29 is 13.2 Å². The van der Waals surface area contributed by atoms with Gasteiger partial charge in [0.05, 0.1) is 16.9 Å². The molecule has 0 bridgehead atoms. The number of halogens is 4. The van der Waals surface area contributed by atoms with Crippen LogP contribution in [0.25, 0.3) is 0 Å². The van der Waals surface area contributed by atoms with E-state index >= 15 is 0 Å². The lowest BCUT2D eigenvalue weighted by Crippen LogP contribution is -2.09. The Balaban J connectivity index is 3.20. The van der Waals surface area contributed by atoms with E-state index in [1.54, 1.807) is 0 Å². The first-order chi connectivity index (χ1) is 6.86. The van der Waals surface area contributed by atoms with Crippen LogP contribution in [0.2, 0.25) is 0 Å². The zero-order valence-corrected chi connectivity index (χ0v) is 9.54. The monoisotopic (exact) mass is 282 g/mol. The van der Waals surface area contributed by atoms with Crippen LogP contribution in [0.15, 0.2) is 16.6 Å². The Morgan fingerprint density at radius 2 is 2.00 bits per heavy atom. The first-order valence-electron chi connectivity index (χ1n) is 4.26.